The molecule has 3 aromatic rings. The predicted octanol–water partition coefficient (Wildman–Crippen LogP) is 3.86. The first-order valence-electron chi connectivity index (χ1n) is 11.0. The number of nitrogens with one attached hydrogen (secondary N) is 2. The topological polar surface area (TPSA) is 91.4 Å². The molecule has 9 heteroatoms. The van der Waals surface area contributed by atoms with Crippen molar-refractivity contribution in [2.45, 2.75) is 42.5 Å². The summed E-state index contributed by atoms with van der Waals surface area (Å²) in [5, 5.41) is 7.78. The maximum absolute atomic E-state index is 13.7. The number of carbonyl (C=O) groups excluding carboxylic acids is 3. The highest BCUT2D eigenvalue weighted by atomic mass is 32.2. The van der Waals surface area contributed by atoms with Crippen LogP contribution in [0.1, 0.15) is 40.7 Å². The van der Waals surface area contributed by atoms with Crippen LogP contribution < -0.4 is 10.6 Å². The van der Waals surface area contributed by atoms with Crippen LogP contribution in [0.15, 0.2) is 66.2 Å². The molecular weight excluding hydrogens is 468 g/mol. The molecule has 1 fully saturated rings. The molecule has 0 radical (unpaired) electrons. The fraction of sp³-hybridized carbons (Fsp3) is 0.280. The van der Waals surface area contributed by atoms with Gasteiger partial charge in [-0.15, -0.1) is 23.1 Å². The van der Waals surface area contributed by atoms with E-state index in [2.05, 4.69) is 15.6 Å². The molecule has 7 nitrogen and oxygen atoms in total. The van der Waals surface area contributed by atoms with Crippen LogP contribution in [0.5, 0.6) is 0 Å². The largest absolute Gasteiger partial charge is 0.342 e. The van der Waals surface area contributed by atoms with Gasteiger partial charge in [0.05, 0.1) is 0 Å². The van der Waals surface area contributed by atoms with Crippen molar-refractivity contribution in [3.05, 3.63) is 82.9 Å². The Morgan fingerprint density at radius 1 is 1.12 bits per heavy atom. The number of amides is 3. The van der Waals surface area contributed by atoms with Crippen molar-refractivity contribution < 1.29 is 14.4 Å². The zero-order chi connectivity index (χ0) is 23.9. The smallest absolute Gasteiger partial charge is 0.256 e. The van der Waals surface area contributed by atoms with E-state index in [0.29, 0.717) is 17.1 Å². The number of thioether (sulfide) groups is 1. The summed E-state index contributed by atoms with van der Waals surface area (Å²) < 4.78 is -0.527. The summed E-state index contributed by atoms with van der Waals surface area (Å²) in [6, 6.07) is 15.5. The molecule has 34 heavy (non-hydrogen) atoms. The Morgan fingerprint density at radius 2 is 1.85 bits per heavy atom. The van der Waals surface area contributed by atoms with Gasteiger partial charge in [-0.25, -0.2) is 4.98 Å². The Bertz CT molecular complexity index is 1230. The van der Waals surface area contributed by atoms with Crippen LogP contribution in [0.4, 0.5) is 5.13 Å². The highest BCUT2D eigenvalue weighted by Crippen LogP contribution is 2.56. The van der Waals surface area contributed by atoms with E-state index in [1.807, 2.05) is 62.4 Å². The lowest BCUT2D eigenvalue weighted by atomic mass is 9.99. The number of aromatic nitrogens is 1. The molecule has 3 heterocycles. The van der Waals surface area contributed by atoms with E-state index in [1.54, 1.807) is 34.3 Å². The quantitative estimate of drug-likeness (QED) is 0.545. The van der Waals surface area contributed by atoms with Crippen molar-refractivity contribution in [2.75, 3.05) is 5.32 Å². The van der Waals surface area contributed by atoms with Gasteiger partial charge >= 0.3 is 0 Å². The maximum atomic E-state index is 13.7. The summed E-state index contributed by atoms with van der Waals surface area (Å²) in [4.78, 5) is 45.9. The molecule has 2 aromatic carbocycles. The van der Waals surface area contributed by atoms with Gasteiger partial charge in [0.1, 0.15) is 17.5 Å². The van der Waals surface area contributed by atoms with Gasteiger partial charge in [0.2, 0.25) is 11.8 Å². The van der Waals surface area contributed by atoms with Gasteiger partial charge in [-0.2, -0.15) is 0 Å². The third-order valence-electron chi connectivity index (χ3n) is 6.12. The number of fused-ring (bicyclic) bond motifs is 3. The first kappa shape index (κ1) is 22.6. The van der Waals surface area contributed by atoms with E-state index >= 15 is 0 Å². The van der Waals surface area contributed by atoms with E-state index in [9.17, 15) is 14.4 Å². The molecule has 0 spiro atoms. The zero-order valence-electron chi connectivity index (χ0n) is 18.7. The zero-order valence-corrected chi connectivity index (χ0v) is 20.4. The molecular formula is C25H24N4O3S2. The van der Waals surface area contributed by atoms with Crippen LogP contribution in [0, 0.1) is 0 Å². The minimum atomic E-state index is -0.821. The molecule has 0 bridgehead atoms. The molecule has 3 atom stereocenters. The third-order valence-corrected chi connectivity index (χ3v) is 8.35. The lowest BCUT2D eigenvalue weighted by Crippen LogP contribution is -2.56. The van der Waals surface area contributed by atoms with E-state index in [-0.39, 0.29) is 23.1 Å². The minimum Gasteiger partial charge on any atom is -0.342 e. The number of thiazole rings is 1. The second-order valence-electron chi connectivity index (χ2n) is 8.85. The van der Waals surface area contributed by atoms with Crippen molar-refractivity contribution >= 4 is 46.0 Å². The van der Waals surface area contributed by atoms with Gasteiger partial charge in [-0.3, -0.25) is 14.4 Å². The molecule has 1 saturated heterocycles. The average molecular weight is 493 g/mol. The number of nitrogens with zero attached hydrogens (tertiary/aromatic N) is 2. The summed E-state index contributed by atoms with van der Waals surface area (Å²) >= 11 is 2.91. The van der Waals surface area contributed by atoms with Gasteiger partial charge in [0.25, 0.3) is 5.91 Å². The number of hydrogen-bond donors (Lipinski definition) is 2. The molecule has 0 saturated carbocycles. The van der Waals surface area contributed by atoms with Crippen LogP contribution in [0.25, 0.3) is 0 Å². The molecule has 2 aliphatic rings. The fourth-order valence-corrected chi connectivity index (χ4v) is 6.71. The van der Waals surface area contributed by atoms with E-state index in [0.717, 1.165) is 11.1 Å². The van der Waals surface area contributed by atoms with Crippen LogP contribution in [-0.4, -0.2) is 44.4 Å². The van der Waals surface area contributed by atoms with Gasteiger partial charge in [0, 0.05) is 28.3 Å². The summed E-state index contributed by atoms with van der Waals surface area (Å²) in [7, 11) is 0. The van der Waals surface area contributed by atoms with Gasteiger partial charge in [-0.1, -0.05) is 48.5 Å². The lowest BCUT2D eigenvalue weighted by Gasteiger charge is -2.31. The normalized spacial score (nSPS) is 21.0. The van der Waals surface area contributed by atoms with Crippen LogP contribution in [0.3, 0.4) is 0 Å². The molecule has 0 aliphatic carbocycles. The van der Waals surface area contributed by atoms with Gasteiger partial charge in [0.15, 0.2) is 5.13 Å². The first-order valence-corrected chi connectivity index (χ1v) is 12.7. The maximum Gasteiger partial charge on any atom is 0.256 e. The number of hydrogen-bond acceptors (Lipinski definition) is 6. The van der Waals surface area contributed by atoms with Crippen molar-refractivity contribution in [2.24, 2.45) is 0 Å². The molecule has 5 rings (SSSR count). The predicted molar refractivity (Wildman–Crippen MR) is 134 cm³/mol. The molecule has 174 valence electrons. The van der Waals surface area contributed by atoms with Gasteiger partial charge in [-0.05, 0) is 31.0 Å². The van der Waals surface area contributed by atoms with E-state index < -0.39 is 16.8 Å². The highest BCUT2D eigenvalue weighted by molar-refractivity contribution is 8.01. The van der Waals surface area contributed by atoms with E-state index in [1.165, 1.54) is 11.3 Å². The second-order valence-corrected chi connectivity index (χ2v) is 11.5. The average Bonchev–Trinajstić information content (AvgIpc) is 3.49. The summed E-state index contributed by atoms with van der Waals surface area (Å²) in [6.45, 7) is 3.94. The van der Waals surface area contributed by atoms with Crippen LogP contribution in [-0.2, 0) is 16.0 Å². The van der Waals surface area contributed by atoms with Crippen molar-refractivity contribution in [1.82, 2.24) is 15.2 Å². The Hall–Kier alpha value is -3.17. The summed E-state index contributed by atoms with van der Waals surface area (Å²) in [5.74, 6) is -0.828. The lowest BCUT2D eigenvalue weighted by molar-refractivity contribution is -0.130. The highest BCUT2D eigenvalue weighted by Gasteiger charge is 2.57. The fourth-order valence-electron chi connectivity index (χ4n) is 4.59. The first-order chi connectivity index (χ1) is 16.3. The van der Waals surface area contributed by atoms with Crippen LogP contribution in [0.2, 0.25) is 0 Å². The molecule has 2 N–H and O–H groups in total. The Balaban J connectivity index is 1.41. The Morgan fingerprint density at radius 3 is 2.59 bits per heavy atom. The Labute approximate surface area is 206 Å². The molecule has 3 amide bonds. The SMILES string of the molecule is CC1(C)S[C@H]2c3ccccc3C(=O)N2[C@@H]1C(=O)N[C@@H](Cc1ccccc1)C(=O)Nc1nccs1. The Kier molecular flexibility index (Phi) is 5.91. The standard InChI is InChI=1S/C25H24N4O3S2/c1-25(2)19(29-22(32)16-10-6-7-11-17(16)23(29)34-25)21(31)27-18(14-15-8-4-3-5-9-15)20(30)28-24-26-12-13-33-24/h3-13,18-19,23H,14H2,1-2H3,(H,27,31)(H,26,28,30)/t18-,19+,23-/m0/s1. The van der Waals surface area contributed by atoms with Crippen molar-refractivity contribution in [1.29, 1.82) is 0 Å². The number of benzene rings is 2. The molecule has 2 aliphatic heterocycles. The molecule has 0 unspecified atom stereocenters. The van der Waals surface area contributed by atoms with Crippen molar-refractivity contribution in [3.63, 3.8) is 0 Å². The van der Waals surface area contributed by atoms with Gasteiger partial charge < -0.3 is 15.5 Å². The second kappa shape index (κ2) is 8.88. The molecule has 1 aromatic heterocycles. The summed E-state index contributed by atoms with van der Waals surface area (Å²) in [5.41, 5.74) is 2.49. The number of rotatable bonds is 6. The minimum absolute atomic E-state index is 0.148. The monoisotopic (exact) mass is 492 g/mol. The van der Waals surface area contributed by atoms with Crippen LogP contribution >= 0.6 is 23.1 Å². The number of anilines is 1. The summed E-state index contributed by atoms with van der Waals surface area (Å²) in [6.07, 6.45) is 1.93. The number of carbonyl (C=O) groups is 3. The van der Waals surface area contributed by atoms with E-state index in [4.69, 9.17) is 0 Å². The third kappa shape index (κ3) is 4.10. The van der Waals surface area contributed by atoms with Crippen molar-refractivity contribution in [3.8, 4) is 0 Å².